The number of hydrogen-bond donors (Lipinski definition) is 0. The van der Waals surface area contributed by atoms with Gasteiger partial charge in [0.05, 0.1) is 0 Å². The summed E-state index contributed by atoms with van der Waals surface area (Å²) in [6.45, 7) is 13.7. The van der Waals surface area contributed by atoms with Crippen molar-refractivity contribution in [1.29, 1.82) is 0 Å². The van der Waals surface area contributed by atoms with Gasteiger partial charge in [0, 0.05) is 0 Å². The maximum Gasteiger partial charge on any atom is 4.00 e. The fourth-order valence-corrected chi connectivity index (χ4v) is 4.35. The maximum atomic E-state index is 2.29. The van der Waals surface area contributed by atoms with E-state index in [-0.39, 0.29) is 50.8 Å². The summed E-state index contributed by atoms with van der Waals surface area (Å²) < 4.78 is 0. The molecule has 0 heterocycles. The molecule has 1 radical (unpaired) electrons. The molecule has 0 aliphatic heterocycles. The Hall–Kier alpha value is 1.37. The van der Waals surface area contributed by atoms with Crippen LogP contribution in [0.5, 0.6) is 0 Å². The molecule has 0 fully saturated rings. The molecule has 1 aromatic carbocycles. The molecular weight excluding hydrogens is 400 g/mol. The zero-order valence-electron chi connectivity index (χ0n) is 16.2. The molecule has 0 aliphatic carbocycles. The van der Waals surface area contributed by atoms with E-state index in [4.69, 9.17) is 0 Å². The summed E-state index contributed by atoms with van der Waals surface area (Å²) in [5, 5.41) is 0. The topological polar surface area (TPSA) is 0 Å². The minimum Gasteiger partial charge on any atom is -1.00 e. The molecule has 0 bridgehead atoms. The standard InChI is InChI=1S/2C6H15P.C5H5.CH3.2ClH.V/c2*1-4-7(5-2)6-3;1-2-4-5-3-1;;;;/h2*4-6H2,1-3H3;1-5H;1H3;2*1H;/q;;2*-1;;;+4/p-2. The predicted molar refractivity (Wildman–Crippen MR) is 106 cm³/mol. The summed E-state index contributed by atoms with van der Waals surface area (Å²) in [5.41, 5.74) is 0. The van der Waals surface area contributed by atoms with Crippen LogP contribution in [0.3, 0.4) is 0 Å². The fourth-order valence-electron chi connectivity index (χ4n) is 1.66. The van der Waals surface area contributed by atoms with Crippen LogP contribution in [0, 0.1) is 7.43 Å². The Labute approximate surface area is 174 Å². The molecule has 23 heavy (non-hydrogen) atoms. The van der Waals surface area contributed by atoms with E-state index in [9.17, 15) is 0 Å². The summed E-state index contributed by atoms with van der Waals surface area (Å²) in [6.07, 6.45) is 8.51. The van der Waals surface area contributed by atoms with Gasteiger partial charge in [-0.15, -0.1) is 15.8 Å². The summed E-state index contributed by atoms with van der Waals surface area (Å²) in [4.78, 5) is 0. The monoisotopic (exact) mass is 437 g/mol. The van der Waals surface area contributed by atoms with Crippen molar-refractivity contribution in [3.63, 3.8) is 0 Å². The summed E-state index contributed by atoms with van der Waals surface area (Å²) >= 11 is 0. The fraction of sp³-hybridized carbons (Fsp3) is 0.667. The SMILES string of the molecule is CCP(CC)CC.CCP(CC)CC.[CH3-].[Cl-].[Cl-].[V+4].c1cc[cH-]c1. The Morgan fingerprint density at radius 1 is 0.609 bits per heavy atom. The molecule has 0 amide bonds. The van der Waals surface area contributed by atoms with Gasteiger partial charge in [0.15, 0.2) is 0 Å². The average Bonchev–Trinajstić information content (AvgIpc) is 3.03. The second-order valence-corrected chi connectivity index (χ2v) is 10.7. The van der Waals surface area contributed by atoms with Gasteiger partial charge in [-0.2, -0.15) is 18.2 Å². The van der Waals surface area contributed by atoms with E-state index in [1.54, 1.807) is 0 Å². The van der Waals surface area contributed by atoms with Crippen LogP contribution in [-0.4, -0.2) is 37.0 Å². The first-order valence-corrected chi connectivity index (χ1v) is 11.6. The van der Waals surface area contributed by atoms with Gasteiger partial charge >= 0.3 is 18.6 Å². The molecule has 0 spiro atoms. The van der Waals surface area contributed by atoms with Crippen molar-refractivity contribution in [2.24, 2.45) is 0 Å². The first kappa shape index (κ1) is 39.4. The van der Waals surface area contributed by atoms with Crippen LogP contribution in [0.4, 0.5) is 0 Å². The van der Waals surface area contributed by atoms with E-state index in [1.807, 2.05) is 30.3 Å². The zero-order valence-corrected chi connectivity index (χ0v) is 20.9. The number of hydrogen-bond acceptors (Lipinski definition) is 0. The van der Waals surface area contributed by atoms with Crippen LogP contribution in [0.2, 0.25) is 0 Å². The van der Waals surface area contributed by atoms with Gasteiger partial charge in [0.1, 0.15) is 0 Å². The predicted octanol–water partition coefficient (Wildman–Crippen LogP) is 0.917. The quantitative estimate of drug-likeness (QED) is 0.458. The van der Waals surface area contributed by atoms with Crippen LogP contribution in [-0.2, 0) is 18.6 Å². The van der Waals surface area contributed by atoms with Gasteiger partial charge in [-0.25, -0.2) is 12.1 Å². The first-order valence-electron chi connectivity index (χ1n) is 7.81. The second-order valence-electron chi connectivity index (χ2n) is 4.20. The zero-order chi connectivity index (χ0) is 14.9. The van der Waals surface area contributed by atoms with E-state index in [2.05, 4.69) is 41.5 Å². The van der Waals surface area contributed by atoms with Gasteiger partial charge in [0.2, 0.25) is 0 Å². The molecule has 5 heteroatoms. The third-order valence-corrected chi connectivity index (χ3v) is 8.61. The molecule has 1 rings (SSSR count). The Morgan fingerprint density at radius 3 is 0.870 bits per heavy atom. The van der Waals surface area contributed by atoms with Gasteiger partial charge in [0.25, 0.3) is 0 Å². The minimum atomic E-state index is 0. The average molecular weight is 438 g/mol. The number of halogens is 2. The Kier molecular flexibility index (Phi) is 59.4. The van der Waals surface area contributed by atoms with Crippen molar-refractivity contribution >= 4 is 15.8 Å². The van der Waals surface area contributed by atoms with E-state index < -0.39 is 0 Å². The molecule has 0 aliphatic rings. The van der Waals surface area contributed by atoms with E-state index >= 15 is 0 Å². The largest absolute Gasteiger partial charge is 4.00 e. The van der Waals surface area contributed by atoms with Crippen molar-refractivity contribution in [1.82, 2.24) is 0 Å². The van der Waals surface area contributed by atoms with Crippen molar-refractivity contribution in [2.75, 3.05) is 37.0 Å². The Balaban J connectivity index is -0.0000000437. The van der Waals surface area contributed by atoms with Crippen molar-refractivity contribution in [3.05, 3.63) is 37.8 Å². The molecule has 1 aromatic rings. The molecule has 139 valence electrons. The second kappa shape index (κ2) is 34.7. The molecule has 0 atom stereocenters. The summed E-state index contributed by atoms with van der Waals surface area (Å²) in [7, 11) is 0.892. The summed E-state index contributed by atoms with van der Waals surface area (Å²) in [5.74, 6) is 0. The van der Waals surface area contributed by atoms with E-state index in [0.29, 0.717) is 15.8 Å². The molecular formula is C18H38Cl2P2V. The third-order valence-electron chi connectivity index (χ3n) is 3.24. The number of rotatable bonds is 6. The molecule has 0 nitrogen and oxygen atoms in total. The van der Waals surface area contributed by atoms with Crippen LogP contribution in [0.1, 0.15) is 41.5 Å². The Bertz CT molecular complexity index is 187. The van der Waals surface area contributed by atoms with Gasteiger partial charge in [-0.1, -0.05) is 41.5 Å². The van der Waals surface area contributed by atoms with Gasteiger partial charge in [-0.3, -0.25) is 0 Å². The maximum absolute atomic E-state index is 2.29. The molecule has 0 aromatic heterocycles. The molecule has 0 N–H and O–H groups in total. The van der Waals surface area contributed by atoms with Crippen molar-refractivity contribution in [3.8, 4) is 0 Å². The summed E-state index contributed by atoms with van der Waals surface area (Å²) in [6, 6.07) is 10.0. The van der Waals surface area contributed by atoms with E-state index in [0.717, 1.165) is 0 Å². The molecule has 0 saturated carbocycles. The van der Waals surface area contributed by atoms with Crippen LogP contribution >= 0.6 is 15.8 Å². The van der Waals surface area contributed by atoms with Gasteiger partial charge in [-0.05, 0) is 37.0 Å². The van der Waals surface area contributed by atoms with Crippen molar-refractivity contribution in [2.45, 2.75) is 41.5 Å². The van der Waals surface area contributed by atoms with Crippen LogP contribution in [0.15, 0.2) is 30.3 Å². The third kappa shape index (κ3) is 31.6. The Morgan fingerprint density at radius 2 is 0.826 bits per heavy atom. The van der Waals surface area contributed by atoms with Crippen molar-refractivity contribution < 1.29 is 43.4 Å². The van der Waals surface area contributed by atoms with E-state index in [1.165, 1.54) is 37.0 Å². The molecule has 0 saturated heterocycles. The minimum absolute atomic E-state index is 0. The smallest absolute Gasteiger partial charge is 1.00 e. The van der Waals surface area contributed by atoms with Crippen LogP contribution in [0.25, 0.3) is 0 Å². The van der Waals surface area contributed by atoms with Gasteiger partial charge < -0.3 is 32.2 Å². The normalized spacial score (nSPS) is 8.00. The van der Waals surface area contributed by atoms with Crippen LogP contribution < -0.4 is 24.8 Å². The molecule has 0 unspecified atom stereocenters. The first-order chi connectivity index (χ1) is 9.19.